The average Bonchev–Trinajstić information content (AvgIpc) is 2.79. The smallest absolute Gasteiger partial charge is 0.316 e. The number of carbonyl (C=O) groups excluding carboxylic acids is 6. The second-order valence-electron chi connectivity index (χ2n) is 8.59. The first-order valence-corrected chi connectivity index (χ1v) is 11.4. The van der Waals surface area contributed by atoms with Gasteiger partial charge in [-0.15, -0.1) is 0 Å². The molecule has 1 saturated carbocycles. The highest BCUT2D eigenvalue weighted by molar-refractivity contribution is 5.86. The van der Waals surface area contributed by atoms with Gasteiger partial charge in [0.05, 0.1) is 7.11 Å². The number of hydrogen-bond donors (Lipinski definition) is 0. The van der Waals surface area contributed by atoms with Gasteiger partial charge in [0.25, 0.3) is 6.04 Å². The summed E-state index contributed by atoms with van der Waals surface area (Å²) in [5, 5.41) is 11.9. The number of carbonyl (C=O) groups is 6. The minimum absolute atomic E-state index is 0.462. The lowest BCUT2D eigenvalue weighted by molar-refractivity contribution is -0.547. The van der Waals surface area contributed by atoms with Crippen LogP contribution >= 0.6 is 0 Å². The number of hydrogen-bond acceptors (Lipinski definition) is 15. The van der Waals surface area contributed by atoms with Crippen molar-refractivity contribution in [3.8, 4) is 0 Å². The van der Waals surface area contributed by atoms with Crippen LogP contribution < -0.4 is 0 Å². The standard InChI is InChI=1S/C22H29NO15/c1-9(24)33-8-16-18(34-10(2)25)19(35-11(3)26)20(36-12(4)27)22(38-16)37-15-7-13(28)6-14(21(29)32-5)17(15)23(30)31/h14-20,22H,6-8H2,1-5H3/t14-,15+,16-,17+,18-,19+,20-,22-/m1/s1. The van der Waals surface area contributed by atoms with Crippen LogP contribution in [0.1, 0.15) is 40.5 Å². The molecule has 2 fully saturated rings. The highest BCUT2D eigenvalue weighted by atomic mass is 16.7. The van der Waals surface area contributed by atoms with Gasteiger partial charge in [-0.3, -0.25) is 38.9 Å². The van der Waals surface area contributed by atoms with E-state index in [9.17, 15) is 38.9 Å². The summed E-state index contributed by atoms with van der Waals surface area (Å²) >= 11 is 0. The molecule has 0 aromatic rings. The maximum Gasteiger partial charge on any atom is 0.316 e. The Balaban J connectivity index is 2.53. The van der Waals surface area contributed by atoms with Crippen molar-refractivity contribution in [2.24, 2.45) is 5.92 Å². The Morgan fingerprint density at radius 3 is 1.95 bits per heavy atom. The first-order valence-electron chi connectivity index (χ1n) is 11.4. The van der Waals surface area contributed by atoms with E-state index in [4.69, 9.17) is 28.4 Å². The van der Waals surface area contributed by atoms with Gasteiger partial charge in [-0.25, -0.2) is 0 Å². The maximum atomic E-state index is 12.4. The molecule has 0 aromatic carbocycles. The van der Waals surface area contributed by atoms with Gasteiger partial charge in [0.1, 0.15) is 30.5 Å². The van der Waals surface area contributed by atoms with Crippen LogP contribution in [0.25, 0.3) is 0 Å². The van der Waals surface area contributed by atoms with Crippen molar-refractivity contribution in [3.63, 3.8) is 0 Å². The summed E-state index contributed by atoms with van der Waals surface area (Å²) in [5.74, 6) is -6.43. The Morgan fingerprint density at radius 1 is 0.895 bits per heavy atom. The third kappa shape index (κ3) is 7.92. The van der Waals surface area contributed by atoms with E-state index in [-0.39, 0.29) is 0 Å². The number of esters is 5. The Morgan fingerprint density at radius 2 is 1.45 bits per heavy atom. The van der Waals surface area contributed by atoms with Crippen molar-refractivity contribution in [2.45, 2.75) is 83.4 Å². The zero-order chi connectivity index (χ0) is 28.7. The monoisotopic (exact) mass is 547 g/mol. The lowest BCUT2D eigenvalue weighted by Gasteiger charge is -2.45. The van der Waals surface area contributed by atoms with E-state index in [0.717, 1.165) is 34.8 Å². The third-order valence-electron chi connectivity index (χ3n) is 5.67. The number of rotatable bonds is 9. The third-order valence-corrected chi connectivity index (χ3v) is 5.67. The van der Waals surface area contributed by atoms with Crippen molar-refractivity contribution in [2.75, 3.05) is 13.7 Å². The molecule has 2 aliphatic rings. The van der Waals surface area contributed by atoms with Crippen LogP contribution in [0, 0.1) is 16.0 Å². The molecule has 16 heteroatoms. The first-order chi connectivity index (χ1) is 17.7. The Kier molecular flexibility index (Phi) is 10.6. The number of nitro groups is 1. The molecule has 1 aliphatic heterocycles. The summed E-state index contributed by atoms with van der Waals surface area (Å²) < 4.78 is 36.9. The van der Waals surface area contributed by atoms with E-state index < -0.39 is 109 Å². The molecular formula is C22H29NO15. The van der Waals surface area contributed by atoms with Crippen LogP contribution in [-0.4, -0.2) is 97.1 Å². The Bertz CT molecular complexity index is 964. The molecule has 0 bridgehead atoms. The predicted octanol–water partition coefficient (Wildman–Crippen LogP) is -0.748. The Hall–Kier alpha value is -3.66. The zero-order valence-corrected chi connectivity index (χ0v) is 21.3. The molecular weight excluding hydrogens is 518 g/mol. The zero-order valence-electron chi connectivity index (χ0n) is 21.3. The number of Topliss-reactive ketones (excluding diaryl/α,β-unsaturated/α-hetero) is 1. The fourth-order valence-corrected chi connectivity index (χ4v) is 4.31. The normalized spacial score (nSPS) is 30.9. The predicted molar refractivity (Wildman–Crippen MR) is 117 cm³/mol. The van der Waals surface area contributed by atoms with E-state index >= 15 is 0 Å². The van der Waals surface area contributed by atoms with Gasteiger partial charge >= 0.3 is 29.8 Å². The molecule has 1 heterocycles. The quantitative estimate of drug-likeness (QED) is 0.150. The van der Waals surface area contributed by atoms with Crippen molar-refractivity contribution >= 4 is 35.6 Å². The van der Waals surface area contributed by atoms with Gasteiger partial charge in [0.15, 0.2) is 24.6 Å². The molecule has 16 nitrogen and oxygen atoms in total. The molecule has 0 aromatic heterocycles. The van der Waals surface area contributed by atoms with Crippen LogP contribution in [0.3, 0.4) is 0 Å². The fourth-order valence-electron chi connectivity index (χ4n) is 4.31. The van der Waals surface area contributed by atoms with Gasteiger partial charge in [0.2, 0.25) is 0 Å². The highest BCUT2D eigenvalue weighted by Crippen LogP contribution is 2.34. The second-order valence-corrected chi connectivity index (χ2v) is 8.59. The topological polar surface area (TPSA) is 210 Å². The van der Waals surface area contributed by atoms with Gasteiger partial charge in [-0.1, -0.05) is 0 Å². The molecule has 0 spiro atoms. The number of ketones is 1. The minimum atomic E-state index is -1.76. The van der Waals surface area contributed by atoms with Gasteiger partial charge in [-0.05, 0) is 0 Å². The SMILES string of the molecule is COC(=O)[C@@H]1CC(=O)C[C@H](O[C@@H]2O[C@H](COC(C)=O)[C@@H](OC(C)=O)[C@H](OC(C)=O)[C@H]2OC(C)=O)[C@H]1[N+](=O)[O-]. The van der Waals surface area contributed by atoms with Crippen LogP contribution in [0.15, 0.2) is 0 Å². The van der Waals surface area contributed by atoms with Gasteiger partial charge in [-0.2, -0.15) is 0 Å². The van der Waals surface area contributed by atoms with Gasteiger partial charge in [0, 0.05) is 45.5 Å². The van der Waals surface area contributed by atoms with Crippen LogP contribution in [0.2, 0.25) is 0 Å². The van der Waals surface area contributed by atoms with E-state index in [2.05, 4.69) is 4.74 Å². The minimum Gasteiger partial charge on any atom is -0.469 e. The fraction of sp³-hybridized carbons (Fsp3) is 0.727. The average molecular weight is 547 g/mol. The van der Waals surface area contributed by atoms with Crippen LogP contribution in [0.4, 0.5) is 0 Å². The summed E-state index contributed by atoms with van der Waals surface area (Å²) in [5.41, 5.74) is 0. The van der Waals surface area contributed by atoms with E-state index in [1.807, 2.05) is 0 Å². The van der Waals surface area contributed by atoms with E-state index in [1.54, 1.807) is 0 Å². The van der Waals surface area contributed by atoms with E-state index in [1.165, 1.54) is 0 Å². The molecule has 0 N–H and O–H groups in total. The first kappa shape index (κ1) is 30.6. The maximum absolute atomic E-state index is 12.4. The summed E-state index contributed by atoms with van der Waals surface area (Å²) in [6.07, 6.45) is -10.4. The molecule has 212 valence electrons. The van der Waals surface area contributed by atoms with Crippen molar-refractivity contribution < 1.29 is 66.8 Å². The number of nitrogens with zero attached hydrogens (tertiary/aromatic N) is 1. The Labute approximate surface area is 216 Å². The van der Waals surface area contributed by atoms with Crippen LogP contribution in [-0.2, 0) is 61.9 Å². The molecule has 0 radical (unpaired) electrons. The molecule has 1 aliphatic carbocycles. The largest absolute Gasteiger partial charge is 0.469 e. The summed E-state index contributed by atoms with van der Waals surface area (Å²) in [7, 11) is 1.01. The van der Waals surface area contributed by atoms with Crippen LogP contribution in [0.5, 0.6) is 0 Å². The molecule has 38 heavy (non-hydrogen) atoms. The molecule has 1 saturated heterocycles. The molecule has 8 atom stereocenters. The van der Waals surface area contributed by atoms with Gasteiger partial charge < -0.3 is 33.2 Å². The highest BCUT2D eigenvalue weighted by Gasteiger charge is 2.56. The number of ether oxygens (including phenoxy) is 7. The molecule has 0 amide bonds. The van der Waals surface area contributed by atoms with Crippen molar-refractivity contribution in [1.29, 1.82) is 0 Å². The lowest BCUT2D eigenvalue weighted by atomic mass is 9.81. The second kappa shape index (κ2) is 13.2. The lowest BCUT2D eigenvalue weighted by Crippen LogP contribution is -2.64. The van der Waals surface area contributed by atoms with E-state index in [0.29, 0.717) is 0 Å². The molecule has 2 rings (SSSR count). The summed E-state index contributed by atoms with van der Waals surface area (Å²) in [6.45, 7) is 3.60. The van der Waals surface area contributed by atoms with Crippen molar-refractivity contribution in [1.82, 2.24) is 0 Å². The summed E-state index contributed by atoms with van der Waals surface area (Å²) in [6, 6.07) is -1.76. The van der Waals surface area contributed by atoms with Crippen molar-refractivity contribution in [3.05, 3.63) is 10.1 Å². The summed E-state index contributed by atoms with van der Waals surface area (Å²) in [4.78, 5) is 82.8. The number of methoxy groups -OCH3 is 1. The molecule has 0 unspecified atom stereocenters.